The average Bonchev–Trinajstić information content (AvgIpc) is 1.99. The van der Waals surface area contributed by atoms with Gasteiger partial charge in [0.25, 0.3) is 0 Å². The summed E-state index contributed by atoms with van der Waals surface area (Å²) in [5.74, 6) is 0. The third-order valence-electron chi connectivity index (χ3n) is 2.63. The summed E-state index contributed by atoms with van der Waals surface area (Å²) in [7, 11) is 0. The Morgan fingerprint density at radius 3 is 2.83 bits per heavy atom. The molecule has 1 atom stereocenters. The molecule has 1 saturated heterocycles. The van der Waals surface area contributed by atoms with Gasteiger partial charge in [-0.3, -0.25) is 0 Å². The second kappa shape index (κ2) is 4.24. The molecule has 0 amide bonds. The Kier molecular flexibility index (Phi) is 3.53. The molecule has 2 heteroatoms. The minimum absolute atomic E-state index is 0.0754. The van der Waals surface area contributed by atoms with Crippen LogP contribution < -0.4 is 5.73 Å². The molecule has 1 unspecified atom stereocenters. The minimum Gasteiger partial charge on any atom is -0.324 e. The SMILES string of the molecule is CCCCN1CCCC(C)(N)C1. The smallest absolute Gasteiger partial charge is 0.0255 e. The zero-order chi connectivity index (χ0) is 9.03. The number of piperidine rings is 1. The topological polar surface area (TPSA) is 29.3 Å². The van der Waals surface area contributed by atoms with Crippen LogP contribution in [0.2, 0.25) is 0 Å². The van der Waals surface area contributed by atoms with Crippen LogP contribution in [0.15, 0.2) is 0 Å². The maximum absolute atomic E-state index is 6.10. The number of nitrogens with zero attached hydrogens (tertiary/aromatic N) is 1. The molecule has 1 aliphatic rings. The van der Waals surface area contributed by atoms with Crippen molar-refractivity contribution in [1.82, 2.24) is 4.90 Å². The van der Waals surface area contributed by atoms with E-state index in [0.29, 0.717) is 0 Å². The van der Waals surface area contributed by atoms with Crippen molar-refractivity contribution >= 4 is 0 Å². The molecule has 0 aromatic carbocycles. The van der Waals surface area contributed by atoms with Crippen LogP contribution in [0.3, 0.4) is 0 Å². The van der Waals surface area contributed by atoms with Crippen LogP contribution in [0, 0.1) is 0 Å². The Hall–Kier alpha value is -0.0800. The zero-order valence-corrected chi connectivity index (χ0v) is 8.47. The molecule has 0 radical (unpaired) electrons. The molecule has 72 valence electrons. The molecular formula is C10H22N2. The van der Waals surface area contributed by atoms with E-state index in [-0.39, 0.29) is 5.54 Å². The van der Waals surface area contributed by atoms with Crippen molar-refractivity contribution in [2.45, 2.75) is 45.1 Å². The molecule has 0 saturated carbocycles. The lowest BCUT2D eigenvalue weighted by atomic mass is 9.92. The monoisotopic (exact) mass is 170 g/mol. The molecule has 0 aromatic heterocycles. The molecular weight excluding hydrogens is 148 g/mol. The third kappa shape index (κ3) is 3.11. The summed E-state index contributed by atoms with van der Waals surface area (Å²) in [5, 5.41) is 0. The van der Waals surface area contributed by atoms with Crippen LogP contribution >= 0.6 is 0 Å². The molecule has 0 aromatic rings. The van der Waals surface area contributed by atoms with Gasteiger partial charge in [0.05, 0.1) is 0 Å². The standard InChI is InChI=1S/C10H22N2/c1-3-4-7-12-8-5-6-10(2,11)9-12/h3-9,11H2,1-2H3. The number of hydrogen-bond donors (Lipinski definition) is 1. The van der Waals surface area contributed by atoms with E-state index in [2.05, 4.69) is 18.7 Å². The summed E-state index contributed by atoms with van der Waals surface area (Å²) in [6.45, 7) is 8.00. The van der Waals surface area contributed by atoms with Crippen molar-refractivity contribution in [2.75, 3.05) is 19.6 Å². The summed E-state index contributed by atoms with van der Waals surface area (Å²) in [5.41, 5.74) is 6.17. The van der Waals surface area contributed by atoms with Crippen LogP contribution in [-0.4, -0.2) is 30.1 Å². The highest BCUT2D eigenvalue weighted by atomic mass is 15.2. The molecule has 0 bridgehead atoms. The average molecular weight is 170 g/mol. The van der Waals surface area contributed by atoms with Crippen LogP contribution in [0.4, 0.5) is 0 Å². The van der Waals surface area contributed by atoms with Crippen molar-refractivity contribution in [1.29, 1.82) is 0 Å². The molecule has 1 aliphatic heterocycles. The molecule has 12 heavy (non-hydrogen) atoms. The first kappa shape index (κ1) is 10.0. The lowest BCUT2D eigenvalue weighted by molar-refractivity contribution is 0.158. The molecule has 0 aliphatic carbocycles. The van der Waals surface area contributed by atoms with E-state index in [4.69, 9.17) is 5.73 Å². The van der Waals surface area contributed by atoms with Gasteiger partial charge in [-0.2, -0.15) is 0 Å². The Bertz CT molecular complexity index is 132. The van der Waals surface area contributed by atoms with Gasteiger partial charge in [0.2, 0.25) is 0 Å². The third-order valence-corrected chi connectivity index (χ3v) is 2.63. The molecule has 2 nitrogen and oxygen atoms in total. The highest BCUT2D eigenvalue weighted by Crippen LogP contribution is 2.17. The summed E-state index contributed by atoms with van der Waals surface area (Å²) in [6, 6.07) is 0. The summed E-state index contributed by atoms with van der Waals surface area (Å²) in [6.07, 6.45) is 5.07. The highest BCUT2D eigenvalue weighted by molar-refractivity contribution is 4.86. The van der Waals surface area contributed by atoms with E-state index in [1.165, 1.54) is 38.8 Å². The van der Waals surface area contributed by atoms with Gasteiger partial charge in [-0.05, 0) is 39.3 Å². The molecule has 2 N–H and O–H groups in total. The van der Waals surface area contributed by atoms with Crippen molar-refractivity contribution in [2.24, 2.45) is 5.73 Å². The van der Waals surface area contributed by atoms with Crippen molar-refractivity contribution in [3.8, 4) is 0 Å². The minimum atomic E-state index is 0.0754. The van der Waals surface area contributed by atoms with E-state index >= 15 is 0 Å². The van der Waals surface area contributed by atoms with Crippen molar-refractivity contribution in [3.63, 3.8) is 0 Å². The van der Waals surface area contributed by atoms with Crippen molar-refractivity contribution < 1.29 is 0 Å². The summed E-state index contributed by atoms with van der Waals surface area (Å²) >= 11 is 0. The van der Waals surface area contributed by atoms with E-state index in [9.17, 15) is 0 Å². The lowest BCUT2D eigenvalue weighted by Crippen LogP contribution is -2.52. The van der Waals surface area contributed by atoms with E-state index in [1.807, 2.05) is 0 Å². The first-order chi connectivity index (χ1) is 5.64. The molecule has 1 fully saturated rings. The first-order valence-electron chi connectivity index (χ1n) is 5.15. The fraction of sp³-hybridized carbons (Fsp3) is 1.00. The number of hydrogen-bond acceptors (Lipinski definition) is 2. The molecule has 0 spiro atoms. The zero-order valence-electron chi connectivity index (χ0n) is 8.47. The fourth-order valence-electron chi connectivity index (χ4n) is 1.95. The van der Waals surface area contributed by atoms with Gasteiger partial charge < -0.3 is 10.6 Å². The molecule has 1 heterocycles. The van der Waals surface area contributed by atoms with E-state index < -0.39 is 0 Å². The number of unbranched alkanes of at least 4 members (excludes halogenated alkanes) is 1. The maximum Gasteiger partial charge on any atom is 0.0255 e. The van der Waals surface area contributed by atoms with E-state index in [0.717, 1.165) is 6.54 Å². The second-order valence-corrected chi connectivity index (χ2v) is 4.39. The Morgan fingerprint density at radius 2 is 2.25 bits per heavy atom. The maximum atomic E-state index is 6.10. The fourth-order valence-corrected chi connectivity index (χ4v) is 1.95. The van der Waals surface area contributed by atoms with E-state index in [1.54, 1.807) is 0 Å². The van der Waals surface area contributed by atoms with Gasteiger partial charge in [-0.25, -0.2) is 0 Å². The Balaban J connectivity index is 2.26. The van der Waals surface area contributed by atoms with Gasteiger partial charge in [0, 0.05) is 12.1 Å². The molecule has 1 rings (SSSR count). The summed E-state index contributed by atoms with van der Waals surface area (Å²) in [4.78, 5) is 2.51. The quantitative estimate of drug-likeness (QED) is 0.697. The highest BCUT2D eigenvalue weighted by Gasteiger charge is 2.25. The van der Waals surface area contributed by atoms with Gasteiger partial charge in [-0.1, -0.05) is 13.3 Å². The lowest BCUT2D eigenvalue weighted by Gasteiger charge is -2.37. The van der Waals surface area contributed by atoms with Gasteiger partial charge in [0.15, 0.2) is 0 Å². The normalized spacial score (nSPS) is 32.2. The number of likely N-dealkylation sites (tertiary alicyclic amines) is 1. The summed E-state index contributed by atoms with van der Waals surface area (Å²) < 4.78 is 0. The van der Waals surface area contributed by atoms with Crippen molar-refractivity contribution in [3.05, 3.63) is 0 Å². The van der Waals surface area contributed by atoms with Crippen LogP contribution in [0.1, 0.15) is 39.5 Å². The number of rotatable bonds is 3. The second-order valence-electron chi connectivity index (χ2n) is 4.39. The Morgan fingerprint density at radius 1 is 1.50 bits per heavy atom. The predicted molar refractivity (Wildman–Crippen MR) is 53.2 cm³/mol. The van der Waals surface area contributed by atoms with Crippen LogP contribution in [-0.2, 0) is 0 Å². The number of nitrogens with two attached hydrogens (primary N) is 1. The van der Waals surface area contributed by atoms with Gasteiger partial charge in [-0.15, -0.1) is 0 Å². The van der Waals surface area contributed by atoms with Crippen LogP contribution in [0.5, 0.6) is 0 Å². The van der Waals surface area contributed by atoms with Gasteiger partial charge >= 0.3 is 0 Å². The first-order valence-corrected chi connectivity index (χ1v) is 5.15. The predicted octanol–water partition coefficient (Wildman–Crippen LogP) is 1.60. The van der Waals surface area contributed by atoms with Crippen LogP contribution in [0.25, 0.3) is 0 Å². The Labute approximate surface area is 76.1 Å². The van der Waals surface area contributed by atoms with Gasteiger partial charge in [0.1, 0.15) is 0 Å². The largest absolute Gasteiger partial charge is 0.324 e.